The van der Waals surface area contributed by atoms with Crippen molar-refractivity contribution < 1.29 is 23.5 Å². The summed E-state index contributed by atoms with van der Waals surface area (Å²) in [6.45, 7) is 2.61. The van der Waals surface area contributed by atoms with E-state index in [2.05, 4.69) is 31.9 Å². The first kappa shape index (κ1) is 25.5. The summed E-state index contributed by atoms with van der Waals surface area (Å²) >= 11 is 7.91. The van der Waals surface area contributed by atoms with Crippen LogP contribution < -0.4 is 9.47 Å². The van der Waals surface area contributed by atoms with Crippen LogP contribution in [0.2, 0.25) is 0 Å². The van der Waals surface area contributed by atoms with Crippen molar-refractivity contribution in [1.82, 2.24) is 4.90 Å². The molecule has 0 aromatic heterocycles. The Bertz CT molecular complexity index is 1270. The van der Waals surface area contributed by atoms with Gasteiger partial charge in [0.1, 0.15) is 30.5 Å². The van der Waals surface area contributed by atoms with E-state index in [4.69, 9.17) is 9.47 Å². The number of nitrogens with zero attached hydrogens (tertiary/aromatic N) is 1. The average Bonchev–Trinajstić information content (AvgIpc) is 3.07. The molecule has 1 heterocycles. The zero-order valence-corrected chi connectivity index (χ0v) is 22.6. The molecule has 0 bridgehead atoms. The van der Waals surface area contributed by atoms with Gasteiger partial charge < -0.3 is 9.47 Å². The predicted octanol–water partition coefficient (Wildman–Crippen LogP) is 7.35. The Balaban J connectivity index is 1.40. The third kappa shape index (κ3) is 6.54. The Morgan fingerprint density at radius 1 is 1.00 bits per heavy atom. The minimum atomic E-state index is -0.350. The van der Waals surface area contributed by atoms with E-state index < -0.39 is 0 Å². The molecule has 5 nitrogen and oxygen atoms in total. The minimum Gasteiger partial charge on any atom is -0.492 e. The highest BCUT2D eigenvalue weighted by Crippen LogP contribution is 2.38. The Morgan fingerprint density at radius 3 is 2.40 bits per heavy atom. The van der Waals surface area contributed by atoms with Gasteiger partial charge in [0.05, 0.1) is 20.4 Å². The van der Waals surface area contributed by atoms with Crippen molar-refractivity contribution in [3.05, 3.63) is 97.0 Å². The molecule has 3 aromatic rings. The quantitative estimate of drug-likeness (QED) is 0.246. The third-order valence-corrected chi connectivity index (χ3v) is 7.15. The number of amides is 2. The molecule has 1 aliphatic rings. The maximum Gasteiger partial charge on any atom is 0.293 e. The van der Waals surface area contributed by atoms with E-state index in [0.29, 0.717) is 25.3 Å². The SMILES string of the molecule is Cc1cccc(OCCN2C(=O)S/C(=C\c3cc(Br)c(OCc4ccc(F)cc4)c(Br)c3)C2=O)c1. The van der Waals surface area contributed by atoms with Crippen molar-refractivity contribution in [1.29, 1.82) is 0 Å². The summed E-state index contributed by atoms with van der Waals surface area (Å²) in [5.41, 5.74) is 2.62. The van der Waals surface area contributed by atoms with Crippen molar-refractivity contribution in [2.45, 2.75) is 13.5 Å². The molecule has 0 unspecified atom stereocenters. The van der Waals surface area contributed by atoms with E-state index in [1.165, 1.54) is 17.0 Å². The molecule has 0 aliphatic carbocycles. The van der Waals surface area contributed by atoms with Gasteiger partial charge in [0.2, 0.25) is 0 Å². The maximum atomic E-state index is 13.1. The minimum absolute atomic E-state index is 0.166. The number of hydrogen-bond acceptors (Lipinski definition) is 5. The number of thioether (sulfide) groups is 1. The highest BCUT2D eigenvalue weighted by atomic mass is 79.9. The number of carbonyl (C=O) groups is 2. The van der Waals surface area contributed by atoms with Gasteiger partial charge in [-0.2, -0.15) is 0 Å². The molecule has 0 saturated carbocycles. The summed E-state index contributed by atoms with van der Waals surface area (Å²) in [6, 6.07) is 17.3. The van der Waals surface area contributed by atoms with Crippen LogP contribution in [0.5, 0.6) is 11.5 Å². The Labute approximate surface area is 223 Å². The molecule has 4 rings (SSSR count). The van der Waals surface area contributed by atoms with Gasteiger partial charge in [-0.25, -0.2) is 4.39 Å². The molecule has 9 heteroatoms. The fourth-order valence-electron chi connectivity index (χ4n) is 3.34. The van der Waals surface area contributed by atoms with Crippen LogP contribution in [0, 0.1) is 12.7 Å². The van der Waals surface area contributed by atoms with Crippen molar-refractivity contribution in [3.63, 3.8) is 0 Å². The van der Waals surface area contributed by atoms with Crippen molar-refractivity contribution in [2.24, 2.45) is 0 Å². The smallest absolute Gasteiger partial charge is 0.293 e. The first-order valence-electron chi connectivity index (χ1n) is 10.6. The van der Waals surface area contributed by atoms with E-state index >= 15 is 0 Å². The fraction of sp³-hybridized carbons (Fsp3) is 0.154. The van der Waals surface area contributed by atoms with Gasteiger partial charge in [-0.15, -0.1) is 0 Å². The number of carbonyl (C=O) groups excluding carboxylic acids is 2. The number of ether oxygens (including phenoxy) is 2. The Morgan fingerprint density at radius 2 is 1.71 bits per heavy atom. The lowest BCUT2D eigenvalue weighted by molar-refractivity contribution is -0.123. The van der Waals surface area contributed by atoms with Gasteiger partial charge in [-0.1, -0.05) is 24.3 Å². The fourth-order valence-corrected chi connectivity index (χ4v) is 5.66. The normalized spacial score (nSPS) is 14.6. The summed E-state index contributed by atoms with van der Waals surface area (Å²) < 4.78 is 26.0. The zero-order valence-electron chi connectivity index (χ0n) is 18.6. The Kier molecular flexibility index (Phi) is 8.30. The predicted molar refractivity (Wildman–Crippen MR) is 142 cm³/mol. The van der Waals surface area contributed by atoms with Crippen LogP contribution in [0.3, 0.4) is 0 Å². The summed E-state index contributed by atoms with van der Waals surface area (Å²) in [7, 11) is 0. The molecule has 180 valence electrons. The molecule has 1 aliphatic heterocycles. The van der Waals surface area contributed by atoms with E-state index in [0.717, 1.165) is 28.5 Å². The lowest BCUT2D eigenvalue weighted by atomic mass is 10.2. The summed E-state index contributed by atoms with van der Waals surface area (Å²) in [6.07, 6.45) is 1.67. The molecular formula is C26H20Br2FNO4S. The van der Waals surface area contributed by atoms with Gasteiger partial charge in [0.25, 0.3) is 11.1 Å². The maximum absolute atomic E-state index is 13.1. The average molecular weight is 621 g/mol. The first-order valence-corrected chi connectivity index (χ1v) is 13.0. The monoisotopic (exact) mass is 619 g/mol. The standard InChI is InChI=1S/C26H20Br2FNO4S/c1-16-3-2-4-20(11-16)33-10-9-30-25(31)23(35-26(30)32)14-18-12-21(27)24(22(28)13-18)34-15-17-5-7-19(29)8-6-17/h2-8,11-14H,9-10,15H2,1H3/b23-14-. The molecule has 0 spiro atoms. The van der Waals surface area contributed by atoms with E-state index in [1.54, 1.807) is 30.3 Å². The van der Waals surface area contributed by atoms with Crippen LogP contribution in [-0.4, -0.2) is 29.2 Å². The number of imide groups is 1. The van der Waals surface area contributed by atoms with Gasteiger partial charge >= 0.3 is 0 Å². The largest absolute Gasteiger partial charge is 0.492 e. The van der Waals surface area contributed by atoms with Crippen LogP contribution in [0.25, 0.3) is 6.08 Å². The van der Waals surface area contributed by atoms with E-state index in [-0.39, 0.29) is 36.7 Å². The first-order chi connectivity index (χ1) is 16.8. The number of aryl methyl sites for hydroxylation is 1. The molecule has 35 heavy (non-hydrogen) atoms. The molecule has 1 saturated heterocycles. The Hall–Kier alpha value is -2.62. The summed E-state index contributed by atoms with van der Waals surface area (Å²) in [5, 5.41) is -0.327. The summed E-state index contributed by atoms with van der Waals surface area (Å²) in [5.74, 6) is 0.622. The van der Waals surface area contributed by atoms with Crippen LogP contribution in [0.15, 0.2) is 74.5 Å². The topological polar surface area (TPSA) is 55.8 Å². The number of halogens is 3. The van der Waals surface area contributed by atoms with Crippen LogP contribution in [0.1, 0.15) is 16.7 Å². The van der Waals surface area contributed by atoms with Crippen molar-refractivity contribution >= 4 is 60.8 Å². The van der Waals surface area contributed by atoms with Crippen molar-refractivity contribution in [2.75, 3.05) is 13.2 Å². The van der Waals surface area contributed by atoms with Gasteiger partial charge in [0.15, 0.2) is 0 Å². The second-order valence-electron chi connectivity index (χ2n) is 7.73. The van der Waals surface area contributed by atoms with Crippen molar-refractivity contribution in [3.8, 4) is 11.5 Å². The molecule has 0 atom stereocenters. The van der Waals surface area contributed by atoms with Gasteiger partial charge in [-0.3, -0.25) is 14.5 Å². The molecule has 2 amide bonds. The second-order valence-corrected chi connectivity index (χ2v) is 10.4. The molecule has 1 fully saturated rings. The number of rotatable bonds is 8. The number of hydrogen-bond donors (Lipinski definition) is 0. The third-order valence-electron chi connectivity index (χ3n) is 5.06. The highest BCUT2D eigenvalue weighted by molar-refractivity contribution is 9.11. The lowest BCUT2D eigenvalue weighted by Gasteiger charge is -2.13. The van der Waals surface area contributed by atoms with Gasteiger partial charge in [0, 0.05) is 0 Å². The van der Waals surface area contributed by atoms with E-state index in [1.807, 2.05) is 31.2 Å². The molecule has 3 aromatic carbocycles. The summed E-state index contributed by atoms with van der Waals surface area (Å²) in [4.78, 5) is 26.8. The lowest BCUT2D eigenvalue weighted by Crippen LogP contribution is -2.32. The van der Waals surface area contributed by atoms with Crippen LogP contribution >= 0.6 is 43.6 Å². The molecule has 0 radical (unpaired) electrons. The van der Waals surface area contributed by atoms with Gasteiger partial charge in [-0.05, 0) is 110 Å². The highest BCUT2D eigenvalue weighted by Gasteiger charge is 2.34. The van der Waals surface area contributed by atoms with E-state index in [9.17, 15) is 14.0 Å². The number of benzene rings is 3. The zero-order chi connectivity index (χ0) is 24.9. The van der Waals surface area contributed by atoms with Crippen LogP contribution in [-0.2, 0) is 11.4 Å². The van der Waals surface area contributed by atoms with Crippen LogP contribution in [0.4, 0.5) is 9.18 Å². The molecular weight excluding hydrogens is 601 g/mol. The molecule has 0 N–H and O–H groups in total. The second kappa shape index (κ2) is 11.4.